The van der Waals surface area contributed by atoms with Gasteiger partial charge in [0.1, 0.15) is 13.2 Å². The summed E-state index contributed by atoms with van der Waals surface area (Å²) >= 11 is 3.35. The molecule has 1 aliphatic heterocycles. The van der Waals surface area contributed by atoms with Gasteiger partial charge in [0.15, 0.2) is 18.1 Å². The summed E-state index contributed by atoms with van der Waals surface area (Å²) < 4.78 is 16.7. The Morgan fingerprint density at radius 2 is 1.92 bits per heavy atom. The van der Waals surface area contributed by atoms with Gasteiger partial charge in [0, 0.05) is 22.3 Å². The fourth-order valence-electron chi connectivity index (χ4n) is 2.28. The molecule has 2 aromatic rings. The molecule has 0 spiro atoms. The lowest BCUT2D eigenvalue weighted by atomic mass is 10.2. The number of halogens is 1. The van der Waals surface area contributed by atoms with Gasteiger partial charge in [0.2, 0.25) is 0 Å². The first-order valence-electron chi connectivity index (χ1n) is 7.90. The molecular formula is C19H16BrNO5. The molecule has 1 amide bonds. The number of carbonyl (C=O) groups is 2. The zero-order valence-electron chi connectivity index (χ0n) is 13.7. The van der Waals surface area contributed by atoms with Crippen LogP contribution in [-0.4, -0.2) is 31.7 Å². The highest BCUT2D eigenvalue weighted by Gasteiger charge is 2.13. The fourth-order valence-corrected chi connectivity index (χ4v) is 2.69. The average Bonchev–Trinajstić information content (AvgIpc) is 2.65. The number of hydrogen-bond acceptors (Lipinski definition) is 5. The summed E-state index contributed by atoms with van der Waals surface area (Å²) in [6, 6.07) is 12.5. The number of rotatable bonds is 5. The van der Waals surface area contributed by atoms with Crippen LogP contribution in [0.25, 0.3) is 6.08 Å². The number of ether oxygens (including phenoxy) is 3. The quantitative estimate of drug-likeness (QED) is 0.595. The van der Waals surface area contributed by atoms with Crippen LogP contribution in [0, 0.1) is 0 Å². The molecule has 0 saturated heterocycles. The lowest BCUT2D eigenvalue weighted by molar-refractivity contribution is -0.142. The topological polar surface area (TPSA) is 73.9 Å². The summed E-state index contributed by atoms with van der Waals surface area (Å²) in [5.41, 5.74) is 1.39. The Bertz CT molecular complexity index is 850. The normalized spacial score (nSPS) is 12.7. The smallest absolute Gasteiger partial charge is 0.331 e. The molecule has 0 saturated carbocycles. The van der Waals surface area contributed by atoms with Gasteiger partial charge >= 0.3 is 5.97 Å². The van der Waals surface area contributed by atoms with Gasteiger partial charge in [0.05, 0.1) is 0 Å². The van der Waals surface area contributed by atoms with E-state index in [1.165, 1.54) is 6.08 Å². The van der Waals surface area contributed by atoms with Crippen LogP contribution in [0.5, 0.6) is 11.5 Å². The van der Waals surface area contributed by atoms with Gasteiger partial charge in [-0.05, 0) is 35.9 Å². The highest BCUT2D eigenvalue weighted by atomic mass is 79.9. The molecule has 0 bridgehead atoms. The second kappa shape index (κ2) is 8.53. The van der Waals surface area contributed by atoms with Crippen molar-refractivity contribution in [2.24, 2.45) is 0 Å². The van der Waals surface area contributed by atoms with Crippen LogP contribution in [0.1, 0.15) is 5.56 Å². The lowest BCUT2D eigenvalue weighted by Crippen LogP contribution is -2.20. The fraction of sp³-hybridized carbons (Fsp3) is 0.158. The molecule has 134 valence electrons. The Morgan fingerprint density at radius 3 is 2.73 bits per heavy atom. The van der Waals surface area contributed by atoms with Crippen molar-refractivity contribution in [1.29, 1.82) is 0 Å². The number of carbonyl (C=O) groups excluding carboxylic acids is 2. The molecule has 0 radical (unpaired) electrons. The number of esters is 1. The highest BCUT2D eigenvalue weighted by Crippen LogP contribution is 2.32. The molecule has 1 aliphatic rings. The minimum Gasteiger partial charge on any atom is -0.486 e. The third kappa shape index (κ3) is 5.10. The first kappa shape index (κ1) is 18.0. The van der Waals surface area contributed by atoms with Crippen LogP contribution in [-0.2, 0) is 14.3 Å². The van der Waals surface area contributed by atoms with E-state index in [1.54, 1.807) is 24.3 Å². The molecule has 0 unspecified atom stereocenters. The average molecular weight is 418 g/mol. The molecule has 0 aliphatic carbocycles. The number of anilines is 1. The summed E-state index contributed by atoms with van der Waals surface area (Å²) in [6.07, 6.45) is 2.89. The maximum Gasteiger partial charge on any atom is 0.331 e. The zero-order valence-corrected chi connectivity index (χ0v) is 15.3. The molecule has 0 fully saturated rings. The first-order valence-corrected chi connectivity index (χ1v) is 8.69. The van der Waals surface area contributed by atoms with Crippen molar-refractivity contribution >= 4 is 39.6 Å². The zero-order chi connectivity index (χ0) is 18.4. The van der Waals surface area contributed by atoms with Crippen LogP contribution in [0.4, 0.5) is 5.69 Å². The number of hydrogen-bond donors (Lipinski definition) is 1. The van der Waals surface area contributed by atoms with Crippen LogP contribution >= 0.6 is 15.9 Å². The van der Waals surface area contributed by atoms with Gasteiger partial charge in [-0.25, -0.2) is 4.79 Å². The maximum atomic E-state index is 11.9. The van der Waals surface area contributed by atoms with Crippen molar-refractivity contribution in [3.05, 3.63) is 58.6 Å². The Kier molecular flexibility index (Phi) is 5.91. The predicted octanol–water partition coefficient (Wildman–Crippen LogP) is 3.42. The van der Waals surface area contributed by atoms with E-state index < -0.39 is 11.9 Å². The van der Waals surface area contributed by atoms with Crippen molar-refractivity contribution in [3.8, 4) is 11.5 Å². The molecule has 26 heavy (non-hydrogen) atoms. The molecule has 7 heteroatoms. The third-order valence-electron chi connectivity index (χ3n) is 3.43. The second-order valence-corrected chi connectivity index (χ2v) is 6.32. The summed E-state index contributed by atoms with van der Waals surface area (Å²) in [7, 11) is 0. The summed E-state index contributed by atoms with van der Waals surface area (Å²) in [5.74, 6) is 0.176. The van der Waals surface area contributed by atoms with Gasteiger partial charge in [0.25, 0.3) is 5.91 Å². The molecule has 1 heterocycles. The number of fused-ring (bicyclic) bond motifs is 1. The van der Waals surface area contributed by atoms with E-state index in [4.69, 9.17) is 14.2 Å². The molecular weight excluding hydrogens is 402 g/mol. The Labute approximate surface area is 158 Å². The monoisotopic (exact) mass is 417 g/mol. The van der Waals surface area contributed by atoms with E-state index in [0.717, 1.165) is 10.0 Å². The SMILES string of the molecule is O=C(COC(=O)C=Cc1cccc(Br)c1)Nc1ccc2c(c1)OCCO2. The van der Waals surface area contributed by atoms with Crippen molar-refractivity contribution in [3.63, 3.8) is 0 Å². The predicted molar refractivity (Wildman–Crippen MR) is 100 cm³/mol. The van der Waals surface area contributed by atoms with Gasteiger partial charge in [-0.3, -0.25) is 4.79 Å². The summed E-state index contributed by atoms with van der Waals surface area (Å²) in [4.78, 5) is 23.6. The van der Waals surface area contributed by atoms with Crippen LogP contribution < -0.4 is 14.8 Å². The second-order valence-electron chi connectivity index (χ2n) is 5.40. The van der Waals surface area contributed by atoms with E-state index in [-0.39, 0.29) is 6.61 Å². The lowest BCUT2D eigenvalue weighted by Gasteiger charge is -2.18. The minimum absolute atomic E-state index is 0.379. The Balaban J connectivity index is 1.48. The van der Waals surface area contributed by atoms with E-state index in [2.05, 4.69) is 21.2 Å². The van der Waals surface area contributed by atoms with Crippen molar-refractivity contribution in [2.75, 3.05) is 25.1 Å². The van der Waals surface area contributed by atoms with Gasteiger partial charge in [-0.2, -0.15) is 0 Å². The number of benzene rings is 2. The van der Waals surface area contributed by atoms with E-state index in [0.29, 0.717) is 30.4 Å². The Morgan fingerprint density at radius 1 is 1.12 bits per heavy atom. The summed E-state index contributed by atoms with van der Waals surface area (Å²) in [6.45, 7) is 0.588. The molecule has 3 rings (SSSR count). The molecule has 1 N–H and O–H groups in total. The standard InChI is InChI=1S/C19H16BrNO5/c20-14-3-1-2-13(10-14)4-7-19(23)26-12-18(22)21-15-5-6-16-17(11-15)25-9-8-24-16/h1-7,10-11H,8-9,12H2,(H,21,22). The maximum absolute atomic E-state index is 11.9. The van der Waals surface area contributed by atoms with Gasteiger partial charge < -0.3 is 19.5 Å². The first-order chi connectivity index (χ1) is 12.6. The van der Waals surface area contributed by atoms with Crippen molar-refractivity contribution < 1.29 is 23.8 Å². The third-order valence-corrected chi connectivity index (χ3v) is 3.93. The Hall–Kier alpha value is -2.80. The van der Waals surface area contributed by atoms with E-state index in [1.807, 2.05) is 24.3 Å². The van der Waals surface area contributed by atoms with E-state index in [9.17, 15) is 9.59 Å². The largest absolute Gasteiger partial charge is 0.486 e. The van der Waals surface area contributed by atoms with Crippen molar-refractivity contribution in [2.45, 2.75) is 0 Å². The molecule has 0 aromatic heterocycles. The van der Waals surface area contributed by atoms with Crippen LogP contribution in [0.3, 0.4) is 0 Å². The molecule has 6 nitrogen and oxygen atoms in total. The summed E-state index contributed by atoms with van der Waals surface area (Å²) in [5, 5.41) is 2.65. The molecule has 2 aromatic carbocycles. The van der Waals surface area contributed by atoms with Crippen molar-refractivity contribution in [1.82, 2.24) is 0 Å². The van der Waals surface area contributed by atoms with Crippen LogP contribution in [0.2, 0.25) is 0 Å². The van der Waals surface area contributed by atoms with E-state index >= 15 is 0 Å². The highest BCUT2D eigenvalue weighted by molar-refractivity contribution is 9.10. The van der Waals surface area contributed by atoms with Crippen LogP contribution in [0.15, 0.2) is 53.0 Å². The van der Waals surface area contributed by atoms with Gasteiger partial charge in [-0.1, -0.05) is 28.1 Å². The molecule has 0 atom stereocenters. The minimum atomic E-state index is -0.595. The van der Waals surface area contributed by atoms with Gasteiger partial charge in [-0.15, -0.1) is 0 Å². The number of amides is 1. The number of nitrogens with one attached hydrogen (secondary N) is 1.